The third kappa shape index (κ3) is 4.09. The summed E-state index contributed by atoms with van der Waals surface area (Å²) < 4.78 is 0. The van der Waals surface area contributed by atoms with Gasteiger partial charge in [-0.3, -0.25) is 9.59 Å². The number of likely N-dealkylation sites (tertiary alicyclic amines) is 1. The summed E-state index contributed by atoms with van der Waals surface area (Å²) in [7, 11) is 0. The summed E-state index contributed by atoms with van der Waals surface area (Å²) in [5.74, 6) is 0.550. The van der Waals surface area contributed by atoms with Crippen molar-refractivity contribution in [1.29, 1.82) is 0 Å². The van der Waals surface area contributed by atoms with Gasteiger partial charge in [0.05, 0.1) is 6.04 Å². The third-order valence-corrected chi connectivity index (χ3v) is 4.47. The van der Waals surface area contributed by atoms with Crippen LogP contribution in [0.4, 0.5) is 0 Å². The predicted octanol–water partition coefficient (Wildman–Crippen LogP) is 2.85. The number of hydrogen-bond acceptors (Lipinski definition) is 2. The summed E-state index contributed by atoms with van der Waals surface area (Å²) in [5, 5.41) is 0. The van der Waals surface area contributed by atoms with Crippen LogP contribution in [0.5, 0.6) is 0 Å². The van der Waals surface area contributed by atoms with E-state index < -0.39 is 0 Å². The Labute approximate surface area is 133 Å². The standard InChI is InChI=1S/C18H26N2O2/c1-14-8-7-11-19(12-14)18(22)13-20(16(3)21)15(2)17-9-5-4-6-10-17/h4-6,9-10,14-15H,7-8,11-13H2,1-3H3. The van der Waals surface area contributed by atoms with E-state index in [1.807, 2.05) is 42.2 Å². The van der Waals surface area contributed by atoms with Crippen LogP contribution in [0.25, 0.3) is 0 Å². The number of piperidine rings is 1. The molecule has 1 fully saturated rings. The molecular weight excluding hydrogens is 276 g/mol. The molecule has 22 heavy (non-hydrogen) atoms. The molecule has 4 heteroatoms. The molecule has 1 saturated heterocycles. The van der Waals surface area contributed by atoms with Crippen LogP contribution >= 0.6 is 0 Å². The van der Waals surface area contributed by atoms with Gasteiger partial charge in [0.1, 0.15) is 6.54 Å². The molecule has 0 N–H and O–H groups in total. The van der Waals surface area contributed by atoms with E-state index in [1.54, 1.807) is 4.90 Å². The van der Waals surface area contributed by atoms with Gasteiger partial charge in [0.2, 0.25) is 11.8 Å². The van der Waals surface area contributed by atoms with E-state index in [2.05, 4.69) is 6.92 Å². The Balaban J connectivity index is 2.05. The van der Waals surface area contributed by atoms with Gasteiger partial charge >= 0.3 is 0 Å². The lowest BCUT2D eigenvalue weighted by Gasteiger charge is -2.34. The van der Waals surface area contributed by atoms with Crippen LogP contribution in [0.3, 0.4) is 0 Å². The monoisotopic (exact) mass is 302 g/mol. The first kappa shape index (κ1) is 16.5. The Hall–Kier alpha value is -1.84. The van der Waals surface area contributed by atoms with Crippen LogP contribution in [0.15, 0.2) is 30.3 Å². The van der Waals surface area contributed by atoms with Crippen LogP contribution in [-0.2, 0) is 9.59 Å². The molecule has 2 amide bonds. The first-order valence-electron chi connectivity index (χ1n) is 8.09. The largest absolute Gasteiger partial charge is 0.341 e. The lowest BCUT2D eigenvalue weighted by Crippen LogP contribution is -2.46. The Morgan fingerprint density at radius 2 is 2.00 bits per heavy atom. The zero-order chi connectivity index (χ0) is 16.1. The molecule has 1 aliphatic rings. The van der Waals surface area contributed by atoms with Crippen molar-refractivity contribution in [1.82, 2.24) is 9.80 Å². The van der Waals surface area contributed by atoms with Crippen molar-refractivity contribution in [3.8, 4) is 0 Å². The van der Waals surface area contributed by atoms with Crippen molar-refractivity contribution >= 4 is 11.8 Å². The minimum Gasteiger partial charge on any atom is -0.341 e. The molecule has 0 radical (unpaired) electrons. The van der Waals surface area contributed by atoms with E-state index in [1.165, 1.54) is 13.3 Å². The summed E-state index contributed by atoms with van der Waals surface area (Å²) in [6.45, 7) is 7.47. The van der Waals surface area contributed by atoms with Crippen molar-refractivity contribution in [2.24, 2.45) is 5.92 Å². The van der Waals surface area contributed by atoms with Gasteiger partial charge < -0.3 is 9.80 Å². The van der Waals surface area contributed by atoms with E-state index in [-0.39, 0.29) is 24.4 Å². The number of amides is 2. The van der Waals surface area contributed by atoms with Gasteiger partial charge in [-0.05, 0) is 31.2 Å². The maximum Gasteiger partial charge on any atom is 0.242 e. The van der Waals surface area contributed by atoms with Gasteiger partial charge in [0, 0.05) is 20.0 Å². The van der Waals surface area contributed by atoms with Crippen LogP contribution in [0, 0.1) is 5.92 Å². The van der Waals surface area contributed by atoms with E-state index in [4.69, 9.17) is 0 Å². The maximum absolute atomic E-state index is 12.5. The van der Waals surface area contributed by atoms with E-state index in [0.29, 0.717) is 5.92 Å². The highest BCUT2D eigenvalue weighted by atomic mass is 16.2. The lowest BCUT2D eigenvalue weighted by atomic mass is 10.00. The summed E-state index contributed by atoms with van der Waals surface area (Å²) >= 11 is 0. The molecule has 0 spiro atoms. The molecule has 2 unspecified atom stereocenters. The second-order valence-corrected chi connectivity index (χ2v) is 6.32. The molecule has 0 aromatic heterocycles. The van der Waals surface area contributed by atoms with Crippen LogP contribution < -0.4 is 0 Å². The predicted molar refractivity (Wildman–Crippen MR) is 87.2 cm³/mol. The smallest absolute Gasteiger partial charge is 0.242 e. The number of nitrogens with zero attached hydrogens (tertiary/aromatic N) is 2. The second-order valence-electron chi connectivity index (χ2n) is 6.32. The van der Waals surface area contributed by atoms with Gasteiger partial charge in [-0.2, -0.15) is 0 Å². The maximum atomic E-state index is 12.5. The molecule has 1 aromatic carbocycles. The SMILES string of the molecule is CC(=O)N(CC(=O)N1CCCC(C)C1)C(C)c1ccccc1. The van der Waals surface area contributed by atoms with Gasteiger partial charge in [0.25, 0.3) is 0 Å². The molecular formula is C18H26N2O2. The van der Waals surface area contributed by atoms with Crippen molar-refractivity contribution in [2.75, 3.05) is 19.6 Å². The van der Waals surface area contributed by atoms with Crippen LogP contribution in [0.1, 0.15) is 45.2 Å². The average molecular weight is 302 g/mol. The Kier molecular flexibility index (Phi) is 5.58. The van der Waals surface area contributed by atoms with E-state index in [0.717, 1.165) is 25.1 Å². The Morgan fingerprint density at radius 3 is 2.59 bits per heavy atom. The number of hydrogen-bond donors (Lipinski definition) is 0. The minimum absolute atomic E-state index is 0.0598. The van der Waals surface area contributed by atoms with Crippen LogP contribution in [-0.4, -0.2) is 41.2 Å². The van der Waals surface area contributed by atoms with Gasteiger partial charge in [-0.15, -0.1) is 0 Å². The van der Waals surface area contributed by atoms with Crippen molar-refractivity contribution in [3.05, 3.63) is 35.9 Å². The van der Waals surface area contributed by atoms with Gasteiger partial charge in [-0.25, -0.2) is 0 Å². The zero-order valence-electron chi connectivity index (χ0n) is 13.8. The molecule has 1 aromatic rings. The molecule has 2 rings (SSSR count). The molecule has 1 heterocycles. The molecule has 4 nitrogen and oxygen atoms in total. The molecule has 0 aliphatic carbocycles. The van der Waals surface area contributed by atoms with Crippen molar-refractivity contribution < 1.29 is 9.59 Å². The first-order chi connectivity index (χ1) is 10.5. The third-order valence-electron chi connectivity index (χ3n) is 4.47. The molecule has 2 atom stereocenters. The van der Waals surface area contributed by atoms with Crippen molar-refractivity contribution in [2.45, 2.75) is 39.7 Å². The van der Waals surface area contributed by atoms with Gasteiger partial charge in [-0.1, -0.05) is 37.3 Å². The fraction of sp³-hybridized carbons (Fsp3) is 0.556. The number of rotatable bonds is 4. The van der Waals surface area contributed by atoms with E-state index >= 15 is 0 Å². The quantitative estimate of drug-likeness (QED) is 0.858. The fourth-order valence-corrected chi connectivity index (χ4v) is 3.09. The highest BCUT2D eigenvalue weighted by molar-refractivity contribution is 5.84. The first-order valence-corrected chi connectivity index (χ1v) is 8.09. The average Bonchev–Trinajstić information content (AvgIpc) is 2.52. The highest BCUT2D eigenvalue weighted by Crippen LogP contribution is 2.21. The summed E-state index contributed by atoms with van der Waals surface area (Å²) in [6, 6.07) is 9.76. The molecule has 0 saturated carbocycles. The topological polar surface area (TPSA) is 40.6 Å². The number of carbonyl (C=O) groups excluding carboxylic acids is 2. The summed E-state index contributed by atoms with van der Waals surface area (Å²) in [5.41, 5.74) is 1.05. The van der Waals surface area contributed by atoms with E-state index in [9.17, 15) is 9.59 Å². The zero-order valence-corrected chi connectivity index (χ0v) is 13.8. The normalized spacial score (nSPS) is 19.6. The Morgan fingerprint density at radius 1 is 1.32 bits per heavy atom. The summed E-state index contributed by atoms with van der Waals surface area (Å²) in [6.07, 6.45) is 2.24. The highest BCUT2D eigenvalue weighted by Gasteiger charge is 2.26. The Bertz CT molecular complexity index is 515. The fourth-order valence-electron chi connectivity index (χ4n) is 3.09. The molecule has 0 bridgehead atoms. The van der Waals surface area contributed by atoms with Crippen LogP contribution in [0.2, 0.25) is 0 Å². The van der Waals surface area contributed by atoms with Gasteiger partial charge in [0.15, 0.2) is 0 Å². The number of carbonyl (C=O) groups is 2. The number of benzene rings is 1. The molecule has 120 valence electrons. The molecule has 1 aliphatic heterocycles. The lowest BCUT2D eigenvalue weighted by molar-refractivity contribution is -0.142. The summed E-state index contributed by atoms with van der Waals surface area (Å²) in [4.78, 5) is 28.1. The minimum atomic E-state index is -0.0927. The van der Waals surface area contributed by atoms with Crippen molar-refractivity contribution in [3.63, 3.8) is 0 Å². The second kappa shape index (κ2) is 7.43.